The van der Waals surface area contributed by atoms with Crippen LogP contribution in [0.4, 0.5) is 4.39 Å². The Morgan fingerprint density at radius 3 is 2.40 bits per heavy atom. The lowest BCUT2D eigenvalue weighted by atomic mass is 9.92. The first-order valence-electron chi connectivity index (χ1n) is 5.40. The van der Waals surface area contributed by atoms with Crippen LogP contribution in [0.1, 0.15) is 42.6 Å². The van der Waals surface area contributed by atoms with Gasteiger partial charge in [-0.1, -0.05) is 26.0 Å². The molecule has 0 aliphatic rings. The minimum absolute atomic E-state index is 0.0205. The van der Waals surface area contributed by atoms with Crippen LogP contribution in [-0.4, -0.2) is 5.78 Å². The lowest BCUT2D eigenvalue weighted by Gasteiger charge is -2.11. The molecule has 0 aliphatic heterocycles. The molecule has 0 atom stereocenters. The summed E-state index contributed by atoms with van der Waals surface area (Å²) in [5, 5.41) is 0. The van der Waals surface area contributed by atoms with Crippen LogP contribution in [0.5, 0.6) is 0 Å². The van der Waals surface area contributed by atoms with Crippen LogP contribution in [0.2, 0.25) is 0 Å². The summed E-state index contributed by atoms with van der Waals surface area (Å²) in [5.41, 5.74) is 1.07. The van der Waals surface area contributed by atoms with Gasteiger partial charge in [-0.15, -0.1) is 0 Å². The zero-order valence-electron chi connectivity index (χ0n) is 9.51. The summed E-state index contributed by atoms with van der Waals surface area (Å²) in [6.07, 6.45) is 1.62. The number of benzene rings is 1. The molecule has 0 heterocycles. The summed E-state index contributed by atoms with van der Waals surface area (Å²) in [5.74, 6) is -0.224. The number of carbonyl (C=O) groups is 1. The number of ketones is 1. The van der Waals surface area contributed by atoms with E-state index in [1.807, 2.05) is 13.8 Å². The molecule has 1 nitrogen and oxygen atoms in total. The Labute approximate surface area is 90.3 Å². The summed E-state index contributed by atoms with van der Waals surface area (Å²) in [7, 11) is 0. The largest absolute Gasteiger partial charge is 0.294 e. The highest BCUT2D eigenvalue weighted by molar-refractivity contribution is 5.97. The minimum Gasteiger partial charge on any atom is -0.294 e. The number of halogens is 1. The molecule has 1 rings (SSSR count). The number of carbonyl (C=O) groups excluding carboxylic acids is 1. The first-order valence-corrected chi connectivity index (χ1v) is 5.40. The van der Waals surface area contributed by atoms with Crippen molar-refractivity contribution in [2.45, 2.75) is 33.6 Å². The molecule has 1 aromatic carbocycles. The van der Waals surface area contributed by atoms with E-state index in [0.717, 1.165) is 12.8 Å². The standard InChI is InChI=1S/C13H17FO/c1-4-10(5-2)13(15)11-7-6-9(3)12(14)8-11/h6-8,10H,4-5H2,1-3H3. The summed E-state index contributed by atoms with van der Waals surface area (Å²) in [6.45, 7) is 5.66. The van der Waals surface area contributed by atoms with Gasteiger partial charge in [0.15, 0.2) is 5.78 Å². The highest BCUT2D eigenvalue weighted by Gasteiger charge is 2.16. The Hall–Kier alpha value is -1.18. The van der Waals surface area contributed by atoms with Gasteiger partial charge in [0.2, 0.25) is 0 Å². The zero-order chi connectivity index (χ0) is 11.4. The van der Waals surface area contributed by atoms with E-state index in [4.69, 9.17) is 0 Å². The molecule has 0 saturated carbocycles. The van der Waals surface area contributed by atoms with Crippen LogP contribution >= 0.6 is 0 Å². The summed E-state index contributed by atoms with van der Waals surface area (Å²) >= 11 is 0. The molecule has 82 valence electrons. The Kier molecular flexibility index (Phi) is 4.01. The second-order valence-corrected chi connectivity index (χ2v) is 3.84. The van der Waals surface area contributed by atoms with Gasteiger partial charge >= 0.3 is 0 Å². The Bertz CT molecular complexity index is 354. The van der Waals surface area contributed by atoms with Crippen LogP contribution < -0.4 is 0 Å². The minimum atomic E-state index is -0.299. The van der Waals surface area contributed by atoms with E-state index in [0.29, 0.717) is 11.1 Å². The average Bonchev–Trinajstić information content (AvgIpc) is 2.23. The molecule has 0 amide bonds. The Morgan fingerprint density at radius 1 is 1.33 bits per heavy atom. The van der Waals surface area contributed by atoms with Crippen LogP contribution in [-0.2, 0) is 0 Å². The maximum atomic E-state index is 13.3. The van der Waals surface area contributed by atoms with Gasteiger partial charge in [-0.25, -0.2) is 4.39 Å². The van der Waals surface area contributed by atoms with E-state index >= 15 is 0 Å². The molecule has 0 radical (unpaired) electrons. The Balaban J connectivity index is 2.96. The molecule has 2 heteroatoms. The third-order valence-corrected chi connectivity index (χ3v) is 2.81. The predicted molar refractivity (Wildman–Crippen MR) is 59.5 cm³/mol. The van der Waals surface area contributed by atoms with E-state index in [2.05, 4.69) is 0 Å². The molecule has 0 aromatic heterocycles. The molecular weight excluding hydrogens is 191 g/mol. The summed E-state index contributed by atoms with van der Waals surface area (Å²) < 4.78 is 13.3. The van der Waals surface area contributed by atoms with Crippen molar-refractivity contribution in [3.8, 4) is 0 Å². The van der Waals surface area contributed by atoms with E-state index in [-0.39, 0.29) is 17.5 Å². The lowest BCUT2D eigenvalue weighted by Crippen LogP contribution is -2.13. The molecule has 0 saturated heterocycles. The number of rotatable bonds is 4. The van der Waals surface area contributed by atoms with E-state index in [1.165, 1.54) is 6.07 Å². The van der Waals surface area contributed by atoms with Crippen molar-refractivity contribution in [2.24, 2.45) is 5.92 Å². The second kappa shape index (κ2) is 5.06. The highest BCUT2D eigenvalue weighted by atomic mass is 19.1. The average molecular weight is 208 g/mol. The predicted octanol–water partition coefficient (Wildman–Crippen LogP) is 3.75. The fourth-order valence-electron chi connectivity index (χ4n) is 1.64. The topological polar surface area (TPSA) is 17.1 Å². The van der Waals surface area contributed by atoms with Gasteiger partial charge in [0, 0.05) is 11.5 Å². The SMILES string of the molecule is CCC(CC)C(=O)c1ccc(C)c(F)c1. The van der Waals surface area contributed by atoms with Crippen molar-refractivity contribution >= 4 is 5.78 Å². The zero-order valence-corrected chi connectivity index (χ0v) is 9.51. The van der Waals surface area contributed by atoms with E-state index in [9.17, 15) is 9.18 Å². The van der Waals surface area contributed by atoms with Gasteiger partial charge in [0.05, 0.1) is 0 Å². The van der Waals surface area contributed by atoms with Crippen molar-refractivity contribution in [1.29, 1.82) is 0 Å². The summed E-state index contributed by atoms with van der Waals surface area (Å²) in [6, 6.07) is 4.71. The van der Waals surface area contributed by atoms with Gasteiger partial charge < -0.3 is 0 Å². The first-order chi connectivity index (χ1) is 7.10. The van der Waals surface area contributed by atoms with Crippen molar-refractivity contribution in [3.05, 3.63) is 35.1 Å². The van der Waals surface area contributed by atoms with Crippen molar-refractivity contribution < 1.29 is 9.18 Å². The molecule has 0 N–H and O–H groups in total. The highest BCUT2D eigenvalue weighted by Crippen LogP contribution is 2.17. The molecule has 0 aliphatic carbocycles. The van der Waals surface area contributed by atoms with Gasteiger partial charge in [-0.3, -0.25) is 4.79 Å². The third kappa shape index (κ3) is 2.65. The summed E-state index contributed by atoms with van der Waals surface area (Å²) in [4.78, 5) is 11.9. The number of hydrogen-bond acceptors (Lipinski definition) is 1. The van der Waals surface area contributed by atoms with Gasteiger partial charge in [-0.05, 0) is 31.4 Å². The van der Waals surface area contributed by atoms with E-state index in [1.54, 1.807) is 19.1 Å². The van der Waals surface area contributed by atoms with Crippen LogP contribution in [0.15, 0.2) is 18.2 Å². The normalized spacial score (nSPS) is 10.7. The monoisotopic (exact) mass is 208 g/mol. The first kappa shape index (κ1) is 11.9. The van der Waals surface area contributed by atoms with Gasteiger partial charge in [0.25, 0.3) is 0 Å². The van der Waals surface area contributed by atoms with Crippen molar-refractivity contribution in [2.75, 3.05) is 0 Å². The molecule has 0 fully saturated rings. The smallest absolute Gasteiger partial charge is 0.166 e. The number of aryl methyl sites for hydroxylation is 1. The molecule has 0 unspecified atom stereocenters. The molecule has 0 bridgehead atoms. The van der Waals surface area contributed by atoms with Gasteiger partial charge in [0.1, 0.15) is 5.82 Å². The van der Waals surface area contributed by atoms with Crippen LogP contribution in [0.25, 0.3) is 0 Å². The maximum absolute atomic E-state index is 13.3. The van der Waals surface area contributed by atoms with Crippen molar-refractivity contribution in [1.82, 2.24) is 0 Å². The number of Topliss-reactive ketones (excluding diaryl/α,β-unsaturated/α-hetero) is 1. The maximum Gasteiger partial charge on any atom is 0.166 e. The van der Waals surface area contributed by atoms with Crippen LogP contribution in [0, 0.1) is 18.7 Å². The van der Waals surface area contributed by atoms with E-state index < -0.39 is 0 Å². The molecule has 15 heavy (non-hydrogen) atoms. The number of hydrogen-bond donors (Lipinski definition) is 0. The molecule has 1 aromatic rings. The van der Waals surface area contributed by atoms with Crippen LogP contribution in [0.3, 0.4) is 0 Å². The Morgan fingerprint density at radius 2 is 1.93 bits per heavy atom. The quantitative estimate of drug-likeness (QED) is 0.689. The third-order valence-electron chi connectivity index (χ3n) is 2.81. The second-order valence-electron chi connectivity index (χ2n) is 3.84. The lowest BCUT2D eigenvalue weighted by molar-refractivity contribution is 0.0913. The molecule has 0 spiro atoms. The van der Waals surface area contributed by atoms with Gasteiger partial charge in [-0.2, -0.15) is 0 Å². The fraction of sp³-hybridized carbons (Fsp3) is 0.462. The molecular formula is C13H17FO. The fourth-order valence-corrected chi connectivity index (χ4v) is 1.64. The van der Waals surface area contributed by atoms with Crippen molar-refractivity contribution in [3.63, 3.8) is 0 Å².